The van der Waals surface area contributed by atoms with Gasteiger partial charge in [-0.15, -0.1) is 0 Å². The number of amides is 1. The fourth-order valence-corrected chi connectivity index (χ4v) is 4.90. The van der Waals surface area contributed by atoms with Crippen LogP contribution in [0, 0.1) is 17.6 Å². The van der Waals surface area contributed by atoms with Gasteiger partial charge in [-0.2, -0.15) is 0 Å². The number of likely N-dealkylation sites (tertiary alicyclic amines) is 1. The third kappa shape index (κ3) is 6.36. The predicted octanol–water partition coefficient (Wildman–Crippen LogP) is 4.30. The van der Waals surface area contributed by atoms with Gasteiger partial charge in [0.1, 0.15) is 11.6 Å². The monoisotopic (exact) mass is 441 g/mol. The van der Waals surface area contributed by atoms with Gasteiger partial charge < -0.3 is 4.90 Å². The highest BCUT2D eigenvalue weighted by atomic mass is 19.1. The Bertz CT molecular complexity index is 884. The second-order valence-corrected chi connectivity index (χ2v) is 9.16. The highest BCUT2D eigenvalue weighted by molar-refractivity contribution is 5.76. The molecule has 2 aliphatic heterocycles. The van der Waals surface area contributed by atoms with E-state index in [-0.39, 0.29) is 5.91 Å². The number of carbonyl (C=O) groups is 1. The van der Waals surface area contributed by atoms with Gasteiger partial charge in [0.2, 0.25) is 5.91 Å². The van der Waals surface area contributed by atoms with Crippen molar-refractivity contribution in [2.75, 3.05) is 39.3 Å². The Morgan fingerprint density at radius 2 is 1.69 bits per heavy atom. The maximum absolute atomic E-state index is 14.0. The van der Waals surface area contributed by atoms with Crippen LogP contribution in [-0.4, -0.2) is 59.9 Å². The van der Waals surface area contributed by atoms with E-state index in [2.05, 4.69) is 34.1 Å². The van der Waals surface area contributed by atoms with Gasteiger partial charge in [0, 0.05) is 63.9 Å². The molecule has 2 saturated heterocycles. The van der Waals surface area contributed by atoms with Crippen LogP contribution in [0.4, 0.5) is 8.78 Å². The smallest absolute Gasteiger partial charge is 0.222 e. The molecular formula is C26H33F2N3O. The normalized spacial score (nSPS) is 20.4. The summed E-state index contributed by atoms with van der Waals surface area (Å²) in [6.45, 7) is 6.66. The number of benzene rings is 2. The average molecular weight is 442 g/mol. The molecule has 0 aromatic heterocycles. The van der Waals surface area contributed by atoms with Crippen molar-refractivity contribution in [3.63, 3.8) is 0 Å². The van der Waals surface area contributed by atoms with Gasteiger partial charge in [0.05, 0.1) is 0 Å². The lowest BCUT2D eigenvalue weighted by molar-refractivity contribution is -0.133. The summed E-state index contributed by atoms with van der Waals surface area (Å²) in [5.74, 6) is -0.308. The zero-order valence-electron chi connectivity index (χ0n) is 18.7. The fraction of sp³-hybridized carbons (Fsp3) is 0.500. The van der Waals surface area contributed by atoms with E-state index in [1.165, 1.54) is 17.7 Å². The van der Waals surface area contributed by atoms with Crippen LogP contribution >= 0.6 is 0 Å². The average Bonchev–Trinajstić information content (AvgIpc) is 2.81. The lowest BCUT2D eigenvalue weighted by atomic mass is 9.92. The Labute approximate surface area is 189 Å². The number of nitrogens with zero attached hydrogens (tertiary/aromatic N) is 3. The summed E-state index contributed by atoms with van der Waals surface area (Å²) in [6.07, 6.45) is 3.63. The predicted molar refractivity (Wildman–Crippen MR) is 122 cm³/mol. The van der Waals surface area contributed by atoms with Crippen LogP contribution in [0.3, 0.4) is 0 Å². The Morgan fingerprint density at radius 1 is 0.906 bits per heavy atom. The third-order valence-corrected chi connectivity index (χ3v) is 6.75. The van der Waals surface area contributed by atoms with Crippen LogP contribution in [0.5, 0.6) is 0 Å². The van der Waals surface area contributed by atoms with E-state index in [0.717, 1.165) is 71.1 Å². The number of hydrogen-bond acceptors (Lipinski definition) is 3. The summed E-state index contributed by atoms with van der Waals surface area (Å²) in [6, 6.07) is 14.3. The maximum Gasteiger partial charge on any atom is 0.222 e. The van der Waals surface area contributed by atoms with Gasteiger partial charge in [0.15, 0.2) is 0 Å². The molecule has 0 radical (unpaired) electrons. The Kier molecular flexibility index (Phi) is 7.87. The summed E-state index contributed by atoms with van der Waals surface area (Å²) < 4.78 is 27.1. The molecule has 0 spiro atoms. The summed E-state index contributed by atoms with van der Waals surface area (Å²) in [5, 5.41) is 0. The molecule has 2 heterocycles. The zero-order valence-corrected chi connectivity index (χ0v) is 18.7. The summed E-state index contributed by atoms with van der Waals surface area (Å²) >= 11 is 0. The van der Waals surface area contributed by atoms with Crippen LogP contribution in [0.15, 0.2) is 48.5 Å². The van der Waals surface area contributed by atoms with Crippen molar-refractivity contribution < 1.29 is 13.6 Å². The molecule has 0 saturated carbocycles. The van der Waals surface area contributed by atoms with Gasteiger partial charge in [-0.05, 0) is 43.4 Å². The molecule has 2 aliphatic rings. The molecule has 0 unspecified atom stereocenters. The number of rotatable bonds is 7. The van der Waals surface area contributed by atoms with E-state index in [1.807, 2.05) is 11.0 Å². The Morgan fingerprint density at radius 3 is 2.44 bits per heavy atom. The topological polar surface area (TPSA) is 26.8 Å². The van der Waals surface area contributed by atoms with Crippen LogP contribution in [0.25, 0.3) is 0 Å². The molecule has 4 rings (SSSR count). The van der Waals surface area contributed by atoms with Crippen LogP contribution < -0.4 is 0 Å². The van der Waals surface area contributed by atoms with Gasteiger partial charge in [0.25, 0.3) is 0 Å². The minimum atomic E-state index is -0.540. The van der Waals surface area contributed by atoms with Gasteiger partial charge in [-0.3, -0.25) is 14.6 Å². The first-order valence-corrected chi connectivity index (χ1v) is 11.8. The molecule has 2 aromatic rings. The SMILES string of the molecule is O=C(CC[C@H]1CCCN(Cc2ccc(F)cc2F)C1)N1CCN(Cc2ccccc2)CC1. The van der Waals surface area contributed by atoms with Gasteiger partial charge >= 0.3 is 0 Å². The summed E-state index contributed by atoms with van der Waals surface area (Å²) in [4.78, 5) is 19.4. The molecule has 2 fully saturated rings. The quantitative estimate of drug-likeness (QED) is 0.641. The molecule has 4 nitrogen and oxygen atoms in total. The molecule has 0 N–H and O–H groups in total. The van der Waals surface area contributed by atoms with E-state index in [4.69, 9.17) is 0 Å². The van der Waals surface area contributed by atoms with Crippen molar-refractivity contribution >= 4 is 5.91 Å². The summed E-state index contributed by atoms with van der Waals surface area (Å²) in [5.41, 5.74) is 1.85. The van der Waals surface area contributed by atoms with E-state index < -0.39 is 11.6 Å². The van der Waals surface area contributed by atoms with E-state index in [1.54, 1.807) is 0 Å². The third-order valence-electron chi connectivity index (χ3n) is 6.75. The van der Waals surface area contributed by atoms with Gasteiger partial charge in [-0.25, -0.2) is 8.78 Å². The molecular weight excluding hydrogens is 408 g/mol. The van der Waals surface area contributed by atoms with Crippen molar-refractivity contribution in [2.45, 2.75) is 38.8 Å². The summed E-state index contributed by atoms with van der Waals surface area (Å²) in [7, 11) is 0. The van der Waals surface area contributed by atoms with Crippen molar-refractivity contribution in [3.8, 4) is 0 Å². The molecule has 172 valence electrons. The molecule has 32 heavy (non-hydrogen) atoms. The van der Waals surface area contributed by atoms with Crippen molar-refractivity contribution in [1.82, 2.24) is 14.7 Å². The number of halogens is 2. The first-order chi connectivity index (χ1) is 15.6. The first kappa shape index (κ1) is 22.9. The van der Waals surface area contributed by atoms with Crippen molar-refractivity contribution in [2.24, 2.45) is 5.92 Å². The van der Waals surface area contributed by atoms with Crippen LogP contribution in [0.2, 0.25) is 0 Å². The Balaban J connectivity index is 1.18. The molecule has 1 amide bonds. The van der Waals surface area contributed by atoms with Crippen LogP contribution in [0.1, 0.15) is 36.8 Å². The highest BCUT2D eigenvalue weighted by Crippen LogP contribution is 2.24. The first-order valence-electron chi connectivity index (χ1n) is 11.8. The molecule has 0 aliphatic carbocycles. The number of piperidine rings is 1. The zero-order chi connectivity index (χ0) is 22.3. The number of hydrogen-bond donors (Lipinski definition) is 0. The lowest BCUT2D eigenvalue weighted by Gasteiger charge is -2.36. The van der Waals surface area contributed by atoms with Crippen molar-refractivity contribution in [1.29, 1.82) is 0 Å². The second-order valence-electron chi connectivity index (χ2n) is 9.16. The minimum absolute atomic E-state index is 0.256. The largest absolute Gasteiger partial charge is 0.340 e. The fourth-order valence-electron chi connectivity index (χ4n) is 4.90. The Hall–Kier alpha value is -2.31. The second kappa shape index (κ2) is 11.0. The van der Waals surface area contributed by atoms with E-state index in [9.17, 15) is 13.6 Å². The molecule has 0 bridgehead atoms. The van der Waals surface area contributed by atoms with Crippen LogP contribution in [-0.2, 0) is 17.9 Å². The van der Waals surface area contributed by atoms with E-state index in [0.29, 0.717) is 24.4 Å². The standard InChI is InChI=1S/C26H33F2N3O/c27-24-10-9-23(25(28)17-24)20-30-12-4-7-22(19-30)8-11-26(32)31-15-13-29(14-16-31)18-21-5-2-1-3-6-21/h1-3,5-6,9-10,17,22H,4,7-8,11-16,18-20H2/t22-/m1/s1. The van der Waals surface area contributed by atoms with Crippen molar-refractivity contribution in [3.05, 3.63) is 71.3 Å². The van der Waals surface area contributed by atoms with E-state index >= 15 is 0 Å². The number of carbonyl (C=O) groups excluding carboxylic acids is 1. The highest BCUT2D eigenvalue weighted by Gasteiger charge is 2.24. The molecule has 6 heteroatoms. The molecule has 2 aromatic carbocycles. The lowest BCUT2D eigenvalue weighted by Crippen LogP contribution is -2.48. The number of piperazine rings is 1. The maximum atomic E-state index is 14.0. The molecule has 1 atom stereocenters. The minimum Gasteiger partial charge on any atom is -0.340 e. The van der Waals surface area contributed by atoms with Gasteiger partial charge in [-0.1, -0.05) is 36.4 Å².